The van der Waals surface area contributed by atoms with Gasteiger partial charge in [-0.1, -0.05) is 29.5 Å². The second-order valence-electron chi connectivity index (χ2n) is 5.50. The van der Waals surface area contributed by atoms with Crippen LogP contribution in [-0.4, -0.2) is 38.1 Å². The van der Waals surface area contributed by atoms with Crippen molar-refractivity contribution in [2.24, 2.45) is 0 Å². The molecule has 2 aromatic heterocycles. The molecule has 0 bridgehead atoms. The number of hydrogen-bond donors (Lipinski definition) is 0. The van der Waals surface area contributed by atoms with E-state index in [1.54, 1.807) is 19.3 Å². The lowest BCUT2D eigenvalue weighted by atomic mass is 10.2. The minimum atomic E-state index is -0.385. The van der Waals surface area contributed by atoms with E-state index in [1.165, 1.54) is 24.4 Å². The van der Waals surface area contributed by atoms with Crippen molar-refractivity contribution in [1.82, 2.24) is 19.7 Å². The maximum Gasteiger partial charge on any atom is 0.318 e. The van der Waals surface area contributed by atoms with Crippen LogP contribution >= 0.6 is 11.8 Å². The van der Waals surface area contributed by atoms with Crippen molar-refractivity contribution in [3.63, 3.8) is 0 Å². The van der Waals surface area contributed by atoms with Crippen LogP contribution in [0.25, 0.3) is 17.1 Å². The zero-order valence-electron chi connectivity index (χ0n) is 14.2. The number of hydrogen-bond acceptors (Lipinski definition) is 6. The fourth-order valence-electron chi connectivity index (χ4n) is 2.33. The fourth-order valence-corrected chi connectivity index (χ4v) is 3.23. The standard InChI is InChI=1S/C18H18N4O2S/c1-12-4-6-15(7-5-12)22-16(14-8-10-19-11-9-14)20-21-18(22)25-13(2)17(23)24-3/h4-11,13H,1-3H3. The average Bonchev–Trinajstić information content (AvgIpc) is 3.06. The van der Waals surface area contributed by atoms with E-state index in [1.807, 2.05) is 47.9 Å². The molecule has 0 aliphatic heterocycles. The number of nitrogens with zero attached hydrogens (tertiary/aromatic N) is 4. The highest BCUT2D eigenvalue weighted by Crippen LogP contribution is 2.30. The van der Waals surface area contributed by atoms with E-state index in [9.17, 15) is 4.79 Å². The van der Waals surface area contributed by atoms with Crippen molar-refractivity contribution in [3.8, 4) is 17.1 Å². The zero-order chi connectivity index (χ0) is 17.8. The minimum Gasteiger partial charge on any atom is -0.468 e. The van der Waals surface area contributed by atoms with Gasteiger partial charge in [-0.15, -0.1) is 10.2 Å². The molecule has 2 heterocycles. The summed E-state index contributed by atoms with van der Waals surface area (Å²) in [6.07, 6.45) is 3.43. The van der Waals surface area contributed by atoms with E-state index in [-0.39, 0.29) is 11.2 Å². The molecule has 0 radical (unpaired) electrons. The summed E-state index contributed by atoms with van der Waals surface area (Å²) < 4.78 is 6.75. The van der Waals surface area contributed by atoms with Gasteiger partial charge in [0.05, 0.1) is 7.11 Å². The third-order valence-electron chi connectivity index (χ3n) is 3.68. The molecule has 0 aliphatic carbocycles. The van der Waals surface area contributed by atoms with Gasteiger partial charge in [0.15, 0.2) is 11.0 Å². The van der Waals surface area contributed by atoms with Crippen molar-refractivity contribution < 1.29 is 9.53 Å². The summed E-state index contributed by atoms with van der Waals surface area (Å²) in [6.45, 7) is 3.82. The summed E-state index contributed by atoms with van der Waals surface area (Å²) in [7, 11) is 1.38. The molecule has 1 atom stereocenters. The molecule has 0 fully saturated rings. The molecule has 1 unspecified atom stereocenters. The van der Waals surface area contributed by atoms with Crippen molar-refractivity contribution in [2.75, 3.05) is 7.11 Å². The molecule has 0 amide bonds. The largest absolute Gasteiger partial charge is 0.468 e. The van der Waals surface area contributed by atoms with Crippen molar-refractivity contribution in [3.05, 3.63) is 54.4 Å². The lowest BCUT2D eigenvalue weighted by molar-refractivity contribution is -0.139. The Hall–Kier alpha value is -2.67. The van der Waals surface area contributed by atoms with Crippen molar-refractivity contribution >= 4 is 17.7 Å². The Kier molecular flexibility index (Phi) is 5.14. The molecule has 0 aliphatic rings. The first-order valence-electron chi connectivity index (χ1n) is 7.77. The second kappa shape index (κ2) is 7.48. The van der Waals surface area contributed by atoms with Crippen molar-refractivity contribution in [1.29, 1.82) is 0 Å². The molecule has 1 aromatic carbocycles. The van der Waals surface area contributed by atoms with E-state index in [4.69, 9.17) is 4.74 Å². The lowest BCUT2D eigenvalue weighted by Gasteiger charge is -2.12. The molecule has 0 spiro atoms. The van der Waals surface area contributed by atoms with E-state index in [0.717, 1.165) is 11.3 Å². The number of aryl methyl sites for hydroxylation is 1. The highest BCUT2D eigenvalue weighted by atomic mass is 32.2. The third kappa shape index (κ3) is 3.71. The predicted molar refractivity (Wildman–Crippen MR) is 96.7 cm³/mol. The fraction of sp³-hybridized carbons (Fsp3) is 0.222. The van der Waals surface area contributed by atoms with Crippen LogP contribution in [-0.2, 0) is 9.53 Å². The van der Waals surface area contributed by atoms with Crippen molar-refractivity contribution in [2.45, 2.75) is 24.3 Å². The summed E-state index contributed by atoms with van der Waals surface area (Å²) in [6, 6.07) is 11.8. The first kappa shape index (κ1) is 17.2. The number of benzene rings is 1. The van der Waals surface area contributed by atoms with Crippen LogP contribution in [0.2, 0.25) is 0 Å². The number of esters is 1. The van der Waals surface area contributed by atoms with Gasteiger partial charge in [-0.2, -0.15) is 0 Å². The number of methoxy groups -OCH3 is 1. The Morgan fingerprint density at radius 1 is 1.12 bits per heavy atom. The number of rotatable bonds is 5. The number of aromatic nitrogens is 4. The monoisotopic (exact) mass is 354 g/mol. The third-order valence-corrected chi connectivity index (χ3v) is 4.70. The van der Waals surface area contributed by atoms with Crippen LogP contribution in [0.5, 0.6) is 0 Å². The van der Waals surface area contributed by atoms with Gasteiger partial charge in [-0.3, -0.25) is 14.3 Å². The molecular weight excluding hydrogens is 336 g/mol. The SMILES string of the molecule is COC(=O)C(C)Sc1nnc(-c2ccncc2)n1-c1ccc(C)cc1. The average molecular weight is 354 g/mol. The maximum atomic E-state index is 11.8. The van der Waals surface area contributed by atoms with Crippen LogP contribution < -0.4 is 0 Å². The second-order valence-corrected chi connectivity index (χ2v) is 6.80. The van der Waals surface area contributed by atoms with Gasteiger partial charge in [0.2, 0.25) is 0 Å². The van der Waals surface area contributed by atoms with Gasteiger partial charge in [-0.05, 0) is 38.1 Å². The van der Waals surface area contributed by atoms with Crippen LogP contribution in [0, 0.1) is 6.92 Å². The Morgan fingerprint density at radius 2 is 1.80 bits per heavy atom. The summed E-state index contributed by atoms with van der Waals surface area (Å²) in [4.78, 5) is 15.8. The Labute approximate surface area is 150 Å². The van der Waals surface area contributed by atoms with Gasteiger partial charge in [0, 0.05) is 23.6 Å². The maximum absolute atomic E-state index is 11.8. The molecule has 0 N–H and O–H groups in total. The number of carbonyl (C=O) groups is 1. The Morgan fingerprint density at radius 3 is 2.44 bits per heavy atom. The van der Waals surface area contributed by atoms with E-state index < -0.39 is 0 Å². The highest BCUT2D eigenvalue weighted by Gasteiger charge is 2.22. The first-order chi connectivity index (χ1) is 12.1. The highest BCUT2D eigenvalue weighted by molar-refractivity contribution is 8.00. The molecule has 7 heteroatoms. The summed E-state index contributed by atoms with van der Waals surface area (Å²) in [5, 5.41) is 8.88. The molecule has 0 saturated carbocycles. The van der Waals surface area contributed by atoms with Gasteiger partial charge < -0.3 is 4.74 Å². The molecule has 6 nitrogen and oxygen atoms in total. The molecule has 128 valence electrons. The number of pyridine rings is 1. The lowest BCUT2D eigenvalue weighted by Crippen LogP contribution is -2.15. The molecular formula is C18H18N4O2S. The number of ether oxygens (including phenoxy) is 1. The van der Waals surface area contributed by atoms with Crippen LogP contribution in [0.15, 0.2) is 53.9 Å². The van der Waals surface area contributed by atoms with E-state index in [2.05, 4.69) is 15.2 Å². The summed E-state index contributed by atoms with van der Waals surface area (Å²) >= 11 is 1.32. The quantitative estimate of drug-likeness (QED) is 0.517. The normalized spacial score (nSPS) is 12.0. The zero-order valence-corrected chi connectivity index (χ0v) is 15.0. The van der Waals surface area contributed by atoms with Gasteiger partial charge in [0.25, 0.3) is 0 Å². The van der Waals surface area contributed by atoms with Crippen LogP contribution in [0.1, 0.15) is 12.5 Å². The smallest absolute Gasteiger partial charge is 0.318 e. The Bertz CT molecular complexity index is 863. The molecule has 25 heavy (non-hydrogen) atoms. The van der Waals surface area contributed by atoms with Crippen LogP contribution in [0.4, 0.5) is 0 Å². The summed E-state index contributed by atoms with van der Waals surface area (Å²) in [5.41, 5.74) is 3.00. The topological polar surface area (TPSA) is 69.9 Å². The van der Waals surface area contributed by atoms with Gasteiger partial charge >= 0.3 is 5.97 Å². The number of thioether (sulfide) groups is 1. The molecule has 3 aromatic rings. The Balaban J connectivity index is 2.08. The van der Waals surface area contributed by atoms with E-state index >= 15 is 0 Å². The summed E-state index contributed by atoms with van der Waals surface area (Å²) in [5.74, 6) is 0.403. The number of carbonyl (C=O) groups excluding carboxylic acids is 1. The molecule has 3 rings (SSSR count). The first-order valence-corrected chi connectivity index (χ1v) is 8.65. The van der Waals surface area contributed by atoms with Crippen LogP contribution in [0.3, 0.4) is 0 Å². The predicted octanol–water partition coefficient (Wildman–Crippen LogP) is 3.29. The van der Waals surface area contributed by atoms with Gasteiger partial charge in [0.1, 0.15) is 5.25 Å². The molecule has 0 saturated heterocycles. The minimum absolute atomic E-state index is 0.297. The van der Waals surface area contributed by atoms with Gasteiger partial charge in [-0.25, -0.2) is 0 Å². The van der Waals surface area contributed by atoms with E-state index in [0.29, 0.717) is 11.0 Å².